The number of hydrogen-bond acceptors (Lipinski definition) is 2. The van der Waals surface area contributed by atoms with Crippen LogP contribution in [-0.4, -0.2) is 24.3 Å². The Hall–Kier alpha value is -1.37. The molecule has 0 spiro atoms. The summed E-state index contributed by atoms with van der Waals surface area (Å²) in [4.78, 5) is 0. The van der Waals surface area contributed by atoms with Gasteiger partial charge in [-0.2, -0.15) is 22.0 Å². The lowest BCUT2D eigenvalue weighted by Gasteiger charge is -2.25. The normalized spacial score (nSPS) is 14.5. The van der Waals surface area contributed by atoms with E-state index in [9.17, 15) is 22.0 Å². The highest BCUT2D eigenvalue weighted by molar-refractivity contribution is 5.36. The van der Waals surface area contributed by atoms with Crippen LogP contribution in [0.3, 0.4) is 0 Å². The molecule has 0 bridgehead atoms. The minimum Gasteiger partial charge on any atom is -0.496 e. The van der Waals surface area contributed by atoms with Gasteiger partial charge in [0, 0.05) is 5.56 Å². The Labute approximate surface area is 93.6 Å². The number of hydrogen-bond donors (Lipinski definition) is 1. The first kappa shape index (κ1) is 13.7. The molecule has 0 aliphatic heterocycles. The predicted octanol–water partition coefficient (Wildman–Crippen LogP) is 2.93. The Morgan fingerprint density at radius 2 is 1.65 bits per heavy atom. The smallest absolute Gasteiger partial charge is 0.456 e. The fourth-order valence-corrected chi connectivity index (χ4v) is 1.24. The molecule has 1 atom stereocenters. The minimum atomic E-state index is -5.83. The first-order valence-electron chi connectivity index (χ1n) is 4.47. The second kappa shape index (κ2) is 4.48. The van der Waals surface area contributed by atoms with Gasteiger partial charge in [-0.25, -0.2) is 0 Å². The van der Waals surface area contributed by atoms with E-state index >= 15 is 0 Å². The van der Waals surface area contributed by atoms with E-state index in [4.69, 9.17) is 5.11 Å². The van der Waals surface area contributed by atoms with Gasteiger partial charge in [0.05, 0.1) is 7.11 Å². The maximum absolute atomic E-state index is 12.9. The number of alkyl halides is 5. The summed E-state index contributed by atoms with van der Waals surface area (Å²) in [6.45, 7) is 0. The van der Waals surface area contributed by atoms with Crippen LogP contribution in [0.25, 0.3) is 0 Å². The van der Waals surface area contributed by atoms with E-state index in [1.807, 2.05) is 0 Å². The molecule has 0 heterocycles. The van der Waals surface area contributed by atoms with Crippen molar-refractivity contribution < 1.29 is 31.8 Å². The van der Waals surface area contributed by atoms with Crippen molar-refractivity contribution in [3.05, 3.63) is 29.8 Å². The molecule has 1 rings (SSSR count). The Balaban J connectivity index is 3.16. The van der Waals surface area contributed by atoms with E-state index in [1.54, 1.807) is 0 Å². The number of methoxy groups -OCH3 is 1. The Kier molecular flexibility index (Phi) is 3.61. The number of halogens is 5. The van der Waals surface area contributed by atoms with Crippen LogP contribution in [0.1, 0.15) is 11.7 Å². The topological polar surface area (TPSA) is 29.5 Å². The van der Waals surface area contributed by atoms with Gasteiger partial charge in [-0.05, 0) is 6.07 Å². The van der Waals surface area contributed by atoms with Crippen LogP contribution < -0.4 is 4.74 Å². The largest absolute Gasteiger partial charge is 0.496 e. The van der Waals surface area contributed by atoms with E-state index in [2.05, 4.69) is 4.74 Å². The maximum Gasteiger partial charge on any atom is 0.456 e. The van der Waals surface area contributed by atoms with Crippen LogP contribution in [0.15, 0.2) is 24.3 Å². The van der Waals surface area contributed by atoms with Crippen molar-refractivity contribution in [2.75, 3.05) is 7.11 Å². The van der Waals surface area contributed by atoms with Crippen LogP contribution >= 0.6 is 0 Å². The first-order chi connectivity index (χ1) is 7.71. The lowest BCUT2D eigenvalue weighted by Crippen LogP contribution is -2.42. The van der Waals surface area contributed by atoms with E-state index in [-0.39, 0.29) is 5.75 Å². The zero-order valence-electron chi connectivity index (χ0n) is 8.63. The molecule has 1 N–H and O–H groups in total. The molecule has 0 amide bonds. The van der Waals surface area contributed by atoms with Crippen molar-refractivity contribution in [1.29, 1.82) is 0 Å². The standard InChI is InChI=1S/C10H9F5O2/c1-17-7-5-3-2-4-6(7)8(16)9(11,12)10(13,14)15/h2-5,8,16H,1H3/t8-/m1/s1. The number of benzene rings is 1. The summed E-state index contributed by atoms with van der Waals surface area (Å²) >= 11 is 0. The molecule has 96 valence electrons. The fraction of sp³-hybridized carbons (Fsp3) is 0.400. The lowest BCUT2D eigenvalue weighted by molar-refractivity contribution is -0.315. The highest BCUT2D eigenvalue weighted by Crippen LogP contribution is 2.46. The SMILES string of the molecule is COc1ccccc1[C@@H](O)C(F)(F)C(F)(F)F. The molecule has 0 saturated heterocycles. The average Bonchev–Trinajstić information content (AvgIpc) is 2.26. The van der Waals surface area contributed by atoms with Gasteiger partial charge >= 0.3 is 12.1 Å². The number of aliphatic hydroxyl groups excluding tert-OH is 1. The molecule has 0 radical (unpaired) electrons. The Morgan fingerprint density at radius 3 is 2.12 bits per heavy atom. The third kappa shape index (κ3) is 2.49. The summed E-state index contributed by atoms with van der Waals surface area (Å²) in [5, 5.41) is 9.15. The quantitative estimate of drug-likeness (QED) is 0.842. The third-order valence-electron chi connectivity index (χ3n) is 2.15. The van der Waals surface area contributed by atoms with Gasteiger partial charge in [-0.1, -0.05) is 18.2 Å². The van der Waals surface area contributed by atoms with E-state index in [0.717, 1.165) is 13.2 Å². The van der Waals surface area contributed by atoms with E-state index < -0.39 is 23.8 Å². The lowest BCUT2D eigenvalue weighted by atomic mass is 10.0. The second-order valence-corrected chi connectivity index (χ2v) is 3.27. The van der Waals surface area contributed by atoms with Crippen molar-refractivity contribution in [3.63, 3.8) is 0 Å². The maximum atomic E-state index is 12.9. The Bertz CT molecular complexity index is 389. The molecule has 17 heavy (non-hydrogen) atoms. The third-order valence-corrected chi connectivity index (χ3v) is 2.15. The van der Waals surface area contributed by atoms with E-state index in [1.165, 1.54) is 18.2 Å². The fourth-order valence-electron chi connectivity index (χ4n) is 1.24. The molecule has 0 aromatic heterocycles. The summed E-state index contributed by atoms with van der Waals surface area (Å²) in [7, 11) is 1.11. The van der Waals surface area contributed by atoms with Gasteiger partial charge in [0.1, 0.15) is 5.75 Å². The number of ether oxygens (including phenoxy) is 1. The number of para-hydroxylation sites is 1. The molecular formula is C10H9F5O2. The zero-order valence-corrected chi connectivity index (χ0v) is 8.63. The summed E-state index contributed by atoms with van der Waals surface area (Å²) in [5.41, 5.74) is -0.614. The molecule has 1 aromatic carbocycles. The highest BCUT2D eigenvalue weighted by atomic mass is 19.4. The van der Waals surface area contributed by atoms with Gasteiger partial charge in [-0.15, -0.1) is 0 Å². The molecule has 0 aliphatic carbocycles. The molecular weight excluding hydrogens is 247 g/mol. The summed E-state index contributed by atoms with van der Waals surface area (Å²) in [6.07, 6.45) is -8.83. The van der Waals surface area contributed by atoms with Crippen LogP contribution in [0.5, 0.6) is 5.75 Å². The van der Waals surface area contributed by atoms with E-state index in [0.29, 0.717) is 0 Å². The number of rotatable bonds is 3. The zero-order chi connectivity index (χ0) is 13.3. The van der Waals surface area contributed by atoms with Crippen LogP contribution in [0.4, 0.5) is 22.0 Å². The first-order valence-corrected chi connectivity index (χ1v) is 4.47. The molecule has 0 unspecified atom stereocenters. The minimum absolute atomic E-state index is 0.232. The molecule has 0 fully saturated rings. The molecule has 1 aromatic rings. The van der Waals surface area contributed by atoms with Gasteiger partial charge in [0.2, 0.25) is 0 Å². The highest BCUT2D eigenvalue weighted by Gasteiger charge is 2.63. The molecule has 2 nitrogen and oxygen atoms in total. The molecule has 7 heteroatoms. The van der Waals surface area contributed by atoms with Gasteiger partial charge in [-0.3, -0.25) is 0 Å². The average molecular weight is 256 g/mol. The van der Waals surface area contributed by atoms with Gasteiger partial charge in [0.25, 0.3) is 0 Å². The second-order valence-electron chi connectivity index (χ2n) is 3.27. The molecule has 0 saturated carbocycles. The van der Waals surface area contributed by atoms with Gasteiger partial charge in [0.15, 0.2) is 6.10 Å². The predicted molar refractivity (Wildman–Crippen MR) is 49.0 cm³/mol. The van der Waals surface area contributed by atoms with Crippen molar-refractivity contribution in [1.82, 2.24) is 0 Å². The molecule has 0 aliphatic rings. The van der Waals surface area contributed by atoms with Gasteiger partial charge < -0.3 is 9.84 Å². The summed E-state index contributed by atoms with van der Waals surface area (Å²) in [6, 6.07) is 4.75. The van der Waals surface area contributed by atoms with Crippen LogP contribution in [0, 0.1) is 0 Å². The van der Waals surface area contributed by atoms with Crippen molar-refractivity contribution in [2.24, 2.45) is 0 Å². The number of aliphatic hydroxyl groups is 1. The van der Waals surface area contributed by atoms with Crippen molar-refractivity contribution in [3.8, 4) is 5.75 Å². The summed E-state index contributed by atoms with van der Waals surface area (Å²) < 4.78 is 66.6. The van der Waals surface area contributed by atoms with Crippen LogP contribution in [0.2, 0.25) is 0 Å². The summed E-state index contributed by atoms with van der Waals surface area (Å²) in [5.74, 6) is -5.47. The van der Waals surface area contributed by atoms with Crippen molar-refractivity contribution in [2.45, 2.75) is 18.2 Å². The van der Waals surface area contributed by atoms with Crippen LogP contribution in [-0.2, 0) is 0 Å². The Morgan fingerprint density at radius 1 is 1.12 bits per heavy atom. The van der Waals surface area contributed by atoms with Crippen molar-refractivity contribution >= 4 is 0 Å². The monoisotopic (exact) mass is 256 g/mol.